The highest BCUT2D eigenvalue weighted by Gasteiger charge is 2.51. The van der Waals surface area contributed by atoms with Crippen molar-refractivity contribution < 1.29 is 91.0 Å². The maximum atomic E-state index is 17.1. The summed E-state index contributed by atoms with van der Waals surface area (Å²) in [4.78, 5) is 142. The molecule has 4 aromatic carbocycles. The van der Waals surface area contributed by atoms with E-state index in [1.165, 1.54) is 88.5 Å². The van der Waals surface area contributed by atoms with E-state index in [1.54, 1.807) is 50.8 Å². The van der Waals surface area contributed by atoms with Gasteiger partial charge in [0.1, 0.15) is 53.0 Å². The lowest BCUT2D eigenvalue weighted by Gasteiger charge is -2.45. The minimum atomic E-state index is -2.08. The number of piperidine rings is 1. The first kappa shape index (κ1) is 80.6. The molecule has 1 saturated heterocycles. The highest BCUT2D eigenvalue weighted by Crippen LogP contribution is 2.47. The van der Waals surface area contributed by atoms with Gasteiger partial charge in [0.05, 0.1) is 61.2 Å². The first-order valence-electron chi connectivity index (χ1n) is 37.0. The predicted octanol–water partition coefficient (Wildman–Crippen LogP) is 8.33. The topological polar surface area (TPSA) is 383 Å². The number of quaternary nitrogens is 1. The molecule has 5 aromatic rings. The highest BCUT2D eigenvalue weighted by molar-refractivity contribution is 6.17. The number of aromatic hydroxyl groups is 1. The molecule has 27 nitrogen and oxygen atoms in total. The summed E-state index contributed by atoms with van der Waals surface area (Å²) in [6.07, 6.45) is 8.94. The van der Waals surface area contributed by atoms with Crippen LogP contribution >= 0.6 is 0 Å². The zero-order chi connectivity index (χ0) is 78.6. The van der Waals surface area contributed by atoms with Crippen LogP contribution in [0.1, 0.15) is 137 Å². The number of rotatable bonds is 23. The van der Waals surface area contributed by atoms with Crippen LogP contribution < -0.4 is 47.4 Å². The molecule has 12 atom stereocenters. The third-order valence-electron chi connectivity index (χ3n) is 22.5. The Labute approximate surface area is 624 Å². The number of imide groups is 1. The maximum Gasteiger partial charge on any atom is 0.312 e. The Hall–Kier alpha value is -9.90. The van der Waals surface area contributed by atoms with E-state index in [1.807, 2.05) is 26.2 Å². The molecule has 5 heterocycles. The number of alkyl halides is 1. The van der Waals surface area contributed by atoms with E-state index in [0.717, 1.165) is 5.56 Å². The Morgan fingerprint density at radius 2 is 1.57 bits per heavy atom. The quantitative estimate of drug-likeness (QED) is 0.00579. The standard InChI is InChI=1S/C80H99FN8O19/c1-42-19-16-20-43(2)76(101)86-67-71(99)63-62(64-73(47(6)70(63)98)108-79(8,75(64)100)105-36-30-56(104-11)44(3)72(106-48(7)90)46(5)69(97)45(4)68(42)96)66-74(67)107-57-39-52(38-55(91)65(57)85-66)87-35-29-54(53(81)40-87)89(9,10)41-49-23-25-51(26-24-49)84-77(102)50(21-17-33-83-78(82)103)37-59(93)80(31-18-32-80)58(92)22-14-12-13-15-34-88-60(94)27-28-61(88)95/h16,19-20,23-28,30,36,38-39,42,44-46,50,53-54,56,68-69,72,96-97H,12-15,17-18,21-22,29,31-35,37,40-41H2,1-11H3,(H6-,82,83,84,85,86,91,94,95,98,99,100,101,102,103)/p+1/b19-16+,36-30+,43-20-/t42-,44+,45+,46+,50+,53?,54?,56-,68-,69+,72+,79-/m0/s1. The number of ketones is 2. The van der Waals surface area contributed by atoms with Crippen LogP contribution in [0.15, 0.2) is 98.7 Å². The van der Waals surface area contributed by atoms with Crippen molar-refractivity contribution in [2.45, 2.75) is 181 Å². The number of aliphatic hydroxyl groups is 3. The lowest BCUT2D eigenvalue weighted by Crippen LogP contribution is -2.59. The second-order valence-electron chi connectivity index (χ2n) is 30.4. The van der Waals surface area contributed by atoms with Gasteiger partial charge in [-0.05, 0) is 70.6 Å². The summed E-state index contributed by atoms with van der Waals surface area (Å²) in [5.41, 5.74) is 2.50. The second kappa shape index (κ2) is 33.3. The van der Waals surface area contributed by atoms with Gasteiger partial charge in [0.15, 0.2) is 28.6 Å². The number of halogens is 1. The average Bonchev–Trinajstić information content (AvgIpc) is 1.40. The van der Waals surface area contributed by atoms with Gasteiger partial charge in [-0.2, -0.15) is 0 Å². The number of ether oxygens (including phenoxy) is 4. The summed E-state index contributed by atoms with van der Waals surface area (Å²) < 4.78 is 48.0. The van der Waals surface area contributed by atoms with Crippen molar-refractivity contribution in [1.82, 2.24) is 15.2 Å². The SMILES string of the molecule is CO[C@H]1/C=C/O[C@@]2(C)Oc3c(C)c(O)c4c(=O)c(c5oc6cc(N7CCC([N+](C)(C)Cc8ccc(NC(=O)[C@H](CCCNC(N)=O)CC(=O)C9(C(=O)CCCCCCN%10C(=O)C=CC%10=O)CCC9)cc8)C(F)C7)cc(=O)c6nc5c4c3=C2O)NC(=O)/C(C)=C\C=C\[C@H](C)[C@H](O)[C@@H](C)[C@@H](O)[C@@H](C)[C@H](OC(C)=O)[C@@H]1C. The molecule has 580 valence electrons. The third kappa shape index (κ3) is 16.9. The number of aliphatic hydroxyl groups excluding tert-OH is 3. The number of amides is 6. The van der Waals surface area contributed by atoms with Gasteiger partial charge in [0.25, 0.3) is 17.7 Å². The van der Waals surface area contributed by atoms with Crippen LogP contribution in [0.2, 0.25) is 0 Å². The number of nitrogens with one attached hydrogen (secondary N) is 3. The highest BCUT2D eigenvalue weighted by atomic mass is 19.1. The summed E-state index contributed by atoms with van der Waals surface area (Å²) in [6.45, 7) is 13.3. The number of nitrogens with zero attached hydrogens (tertiary/aromatic N) is 4. The number of esters is 1. The number of allylic oxidation sites excluding steroid dienone is 2. The van der Waals surface area contributed by atoms with Crippen molar-refractivity contribution in [2.24, 2.45) is 40.7 Å². The number of hydrogen-bond acceptors (Lipinski definition) is 21. The Balaban J connectivity index is 0.882. The molecule has 2 fully saturated rings. The number of fused-ring (bicyclic) bond motifs is 2. The Kier molecular flexibility index (Phi) is 24.9. The molecule has 2 unspecified atom stereocenters. The van der Waals surface area contributed by atoms with Crippen LogP contribution in [0.5, 0.6) is 11.5 Å². The van der Waals surface area contributed by atoms with Crippen molar-refractivity contribution in [1.29, 1.82) is 0 Å². The molecule has 1 aromatic heterocycles. The minimum absolute atomic E-state index is 0.0173. The fraction of sp³-hybridized carbons (Fsp3) is 0.512. The van der Waals surface area contributed by atoms with Crippen LogP contribution in [0, 0.1) is 41.9 Å². The van der Waals surface area contributed by atoms with Crippen LogP contribution in [-0.2, 0) is 54.3 Å². The van der Waals surface area contributed by atoms with Gasteiger partial charge >= 0.3 is 17.8 Å². The zero-order valence-corrected chi connectivity index (χ0v) is 63.0. The number of methoxy groups -OCH3 is 1. The van der Waals surface area contributed by atoms with E-state index in [0.29, 0.717) is 76.6 Å². The molecule has 1 aliphatic carbocycles. The molecule has 0 spiro atoms. The minimum Gasteiger partial charge on any atom is -0.507 e. The molecule has 108 heavy (non-hydrogen) atoms. The van der Waals surface area contributed by atoms with Crippen molar-refractivity contribution >= 4 is 103 Å². The summed E-state index contributed by atoms with van der Waals surface area (Å²) >= 11 is 0. The summed E-state index contributed by atoms with van der Waals surface area (Å²) in [6, 6.07) is 8.58. The molecule has 5 aliphatic rings. The largest absolute Gasteiger partial charge is 0.507 e. The third-order valence-corrected chi connectivity index (χ3v) is 22.5. The van der Waals surface area contributed by atoms with Crippen molar-refractivity contribution in [3.63, 3.8) is 0 Å². The molecular formula is C80H100FN8O19+. The van der Waals surface area contributed by atoms with Gasteiger partial charge in [0, 0.05) is 147 Å². The normalized spacial score (nSPS) is 26.1. The lowest BCUT2D eigenvalue weighted by atomic mass is 9.61. The van der Waals surface area contributed by atoms with Crippen LogP contribution in [0.3, 0.4) is 0 Å². The molecule has 1 saturated carbocycles. The number of phenols is 1. The summed E-state index contributed by atoms with van der Waals surface area (Å²) in [5.74, 6) is -10.1. The molecule has 10 rings (SSSR count). The molecular weight excluding hydrogens is 1400 g/mol. The molecule has 28 heteroatoms. The van der Waals surface area contributed by atoms with Crippen molar-refractivity contribution in [3.8, 4) is 11.5 Å². The summed E-state index contributed by atoms with van der Waals surface area (Å²) in [5, 5.41) is 55.2. The van der Waals surface area contributed by atoms with E-state index in [4.69, 9.17) is 34.1 Å². The number of phenolic OH excluding ortho intramolecular Hbond substituents is 1. The number of primary amides is 1. The number of hydrogen-bond donors (Lipinski definition) is 8. The Morgan fingerprint density at radius 3 is 2.22 bits per heavy atom. The van der Waals surface area contributed by atoms with Gasteiger partial charge in [0.2, 0.25) is 16.8 Å². The lowest BCUT2D eigenvalue weighted by molar-refractivity contribution is -0.931. The fourth-order valence-corrected chi connectivity index (χ4v) is 15.8. The second-order valence-corrected chi connectivity index (χ2v) is 30.4. The van der Waals surface area contributed by atoms with Crippen molar-refractivity contribution in [3.05, 3.63) is 121 Å². The van der Waals surface area contributed by atoms with E-state index in [9.17, 15) is 63.6 Å². The van der Waals surface area contributed by atoms with Gasteiger partial charge in [-0.25, -0.2) is 14.2 Å². The molecule has 9 N–H and O–H groups in total. The van der Waals surface area contributed by atoms with Crippen LogP contribution in [0.25, 0.3) is 38.7 Å². The van der Waals surface area contributed by atoms with E-state index < -0.39 is 135 Å². The molecule has 6 amide bonds. The number of aromatic nitrogens is 1. The van der Waals surface area contributed by atoms with Gasteiger partial charge < -0.3 is 74.9 Å². The Bertz CT molecular complexity index is 4650. The van der Waals surface area contributed by atoms with Crippen LogP contribution in [-0.4, -0.2) is 172 Å². The number of benzene rings is 4. The smallest absolute Gasteiger partial charge is 0.312 e. The predicted molar refractivity (Wildman–Crippen MR) is 402 cm³/mol. The fourth-order valence-electron chi connectivity index (χ4n) is 15.8. The maximum absolute atomic E-state index is 17.1. The summed E-state index contributed by atoms with van der Waals surface area (Å²) in [7, 11) is 5.24. The van der Waals surface area contributed by atoms with E-state index in [2.05, 4.69) is 16.0 Å². The van der Waals surface area contributed by atoms with Gasteiger partial charge in [-0.1, -0.05) is 77.3 Å². The first-order chi connectivity index (χ1) is 51.1. The number of carbonyl (C=O) groups excluding carboxylic acids is 8. The van der Waals surface area contributed by atoms with Gasteiger partial charge in [-0.15, -0.1) is 0 Å². The number of anilines is 3. The zero-order valence-electron chi connectivity index (χ0n) is 63.0. The first-order valence-corrected chi connectivity index (χ1v) is 37.0. The number of nitrogens with two attached hydrogens (primary N) is 1. The van der Waals surface area contributed by atoms with E-state index in [-0.39, 0.29) is 122 Å². The number of urea groups is 1. The molecule has 0 radical (unpaired) electrons. The van der Waals surface area contributed by atoms with Gasteiger partial charge in [-0.3, -0.25) is 48.1 Å². The molecule has 4 aliphatic heterocycles. The number of unbranched alkanes of at least 4 members (excludes halogenated alkanes) is 3. The monoisotopic (exact) mass is 1500 g/mol. The molecule has 4 bridgehead atoms. The van der Waals surface area contributed by atoms with Crippen LogP contribution in [0.4, 0.5) is 26.2 Å². The van der Waals surface area contributed by atoms with Crippen molar-refractivity contribution in [2.75, 3.05) is 62.9 Å². The number of carbonyl (C=O) groups is 8. The Morgan fingerprint density at radius 1 is 0.880 bits per heavy atom. The average molecular weight is 1500 g/mol. The van der Waals surface area contributed by atoms with E-state index >= 15 is 9.18 Å². The number of Topliss-reactive ketones (excluding diaryl/α,β-unsaturated/α-hetero) is 2.